The first-order chi connectivity index (χ1) is 17.7. The molecule has 0 bridgehead atoms. The van der Waals surface area contributed by atoms with Gasteiger partial charge in [0, 0.05) is 11.7 Å². The van der Waals surface area contributed by atoms with Gasteiger partial charge in [0.25, 0.3) is 5.91 Å². The van der Waals surface area contributed by atoms with Crippen molar-refractivity contribution in [1.82, 2.24) is 10.2 Å². The Morgan fingerprint density at radius 2 is 1.66 bits per heavy atom. The molecule has 10 nitrogen and oxygen atoms in total. The molecular formula is C28H38N4O6. The number of rotatable bonds is 10. The Labute approximate surface area is 223 Å². The highest BCUT2D eigenvalue weighted by Gasteiger charge is 2.39. The van der Waals surface area contributed by atoms with E-state index in [1.54, 1.807) is 52.0 Å². The first-order valence-electron chi connectivity index (χ1n) is 12.5. The van der Waals surface area contributed by atoms with Crippen LogP contribution >= 0.6 is 0 Å². The minimum Gasteiger partial charge on any atom is -0.508 e. The van der Waals surface area contributed by atoms with E-state index >= 15 is 0 Å². The lowest BCUT2D eigenvalue weighted by Gasteiger charge is -2.38. The summed E-state index contributed by atoms with van der Waals surface area (Å²) in [6.45, 7) is 10.5. The maximum Gasteiger partial charge on any atom is 0.408 e. The molecule has 0 radical (unpaired) electrons. The van der Waals surface area contributed by atoms with Crippen molar-refractivity contribution in [3.05, 3.63) is 59.7 Å². The summed E-state index contributed by atoms with van der Waals surface area (Å²) in [4.78, 5) is 53.6. The van der Waals surface area contributed by atoms with Crippen molar-refractivity contribution in [1.29, 1.82) is 0 Å². The van der Waals surface area contributed by atoms with Gasteiger partial charge in [-0.15, -0.1) is 0 Å². The molecule has 2 aromatic carbocycles. The highest BCUT2D eigenvalue weighted by Crippen LogP contribution is 2.29. The quantitative estimate of drug-likeness (QED) is 0.370. The van der Waals surface area contributed by atoms with E-state index in [1.165, 1.54) is 17.0 Å². The number of aryl methyl sites for hydroxylation is 1. The normalized spacial score (nSPS) is 13.5. The number of benzene rings is 2. The zero-order chi connectivity index (χ0) is 28.6. The summed E-state index contributed by atoms with van der Waals surface area (Å²) in [6.07, 6.45) is -0.924. The molecule has 5 N–H and O–H groups in total. The molecule has 0 saturated heterocycles. The molecule has 2 rings (SSSR count). The standard InChI is InChI=1S/C28H38N4O6/c1-7-18(3)32(26(36)22(16-23(29)34)31-27(37)38-28(4,5)6)24(19-12-14-20(33)15-13-19)25(35)30-21-11-9-8-10-17(21)2/h8-15,18,22,24,33H,7,16H2,1-6H3,(H2,29,34)(H,30,35)(H,31,37). The highest BCUT2D eigenvalue weighted by molar-refractivity contribution is 6.00. The Morgan fingerprint density at radius 1 is 1.05 bits per heavy atom. The molecule has 2 aromatic rings. The summed E-state index contributed by atoms with van der Waals surface area (Å²) >= 11 is 0. The van der Waals surface area contributed by atoms with Crippen molar-refractivity contribution < 1.29 is 29.0 Å². The van der Waals surface area contributed by atoms with E-state index in [4.69, 9.17) is 10.5 Å². The van der Waals surface area contributed by atoms with E-state index in [-0.39, 0.29) is 5.75 Å². The van der Waals surface area contributed by atoms with E-state index in [1.807, 2.05) is 26.0 Å². The van der Waals surface area contributed by atoms with Gasteiger partial charge < -0.3 is 31.1 Å². The fourth-order valence-electron chi connectivity index (χ4n) is 3.84. The number of anilines is 1. The first-order valence-corrected chi connectivity index (χ1v) is 12.5. The average molecular weight is 527 g/mol. The van der Waals surface area contributed by atoms with Gasteiger partial charge in [-0.2, -0.15) is 0 Å². The topological polar surface area (TPSA) is 151 Å². The average Bonchev–Trinajstić information content (AvgIpc) is 2.82. The Bertz CT molecular complexity index is 1140. The van der Waals surface area contributed by atoms with Gasteiger partial charge in [0.1, 0.15) is 23.4 Å². The van der Waals surface area contributed by atoms with Crippen LogP contribution in [0.3, 0.4) is 0 Å². The second-order valence-corrected chi connectivity index (χ2v) is 10.2. The predicted octanol–water partition coefficient (Wildman–Crippen LogP) is 3.78. The molecule has 0 fully saturated rings. The van der Waals surface area contributed by atoms with E-state index in [0.29, 0.717) is 17.7 Å². The number of primary amides is 1. The van der Waals surface area contributed by atoms with E-state index < -0.39 is 54.0 Å². The third-order valence-electron chi connectivity index (χ3n) is 5.85. The Morgan fingerprint density at radius 3 is 2.18 bits per heavy atom. The van der Waals surface area contributed by atoms with Crippen molar-refractivity contribution in [2.45, 2.75) is 78.1 Å². The lowest BCUT2D eigenvalue weighted by molar-refractivity contribution is -0.144. The van der Waals surface area contributed by atoms with Gasteiger partial charge in [-0.3, -0.25) is 14.4 Å². The molecule has 3 unspecified atom stereocenters. The molecule has 3 atom stereocenters. The fraction of sp³-hybridized carbons (Fsp3) is 0.429. The molecule has 0 aliphatic carbocycles. The molecule has 38 heavy (non-hydrogen) atoms. The Kier molecular flexibility index (Phi) is 10.3. The molecule has 4 amide bonds. The number of alkyl carbamates (subject to hydrolysis) is 1. The summed E-state index contributed by atoms with van der Waals surface area (Å²) in [5, 5.41) is 15.2. The number of carbonyl (C=O) groups is 4. The van der Waals surface area contributed by atoms with Crippen LogP contribution < -0.4 is 16.4 Å². The first kappa shape index (κ1) is 30.1. The molecule has 0 heterocycles. The van der Waals surface area contributed by atoms with Crippen LogP contribution in [0.5, 0.6) is 5.75 Å². The number of amides is 4. The third kappa shape index (κ3) is 8.50. The minimum absolute atomic E-state index is 0.00794. The lowest BCUT2D eigenvalue weighted by atomic mass is 9.99. The lowest BCUT2D eigenvalue weighted by Crippen LogP contribution is -2.55. The molecule has 0 aliphatic heterocycles. The van der Waals surface area contributed by atoms with Crippen molar-refractivity contribution in [3.8, 4) is 5.75 Å². The Balaban J connectivity index is 2.57. The molecule has 0 saturated carbocycles. The largest absolute Gasteiger partial charge is 0.508 e. The monoisotopic (exact) mass is 526 g/mol. The predicted molar refractivity (Wildman–Crippen MR) is 144 cm³/mol. The molecule has 10 heteroatoms. The number of hydrogen-bond donors (Lipinski definition) is 4. The zero-order valence-corrected chi connectivity index (χ0v) is 22.8. The number of nitrogens with one attached hydrogen (secondary N) is 2. The van der Waals surface area contributed by atoms with Crippen molar-refractivity contribution in [3.63, 3.8) is 0 Å². The van der Waals surface area contributed by atoms with Crippen molar-refractivity contribution in [2.24, 2.45) is 5.73 Å². The number of aromatic hydroxyl groups is 1. The van der Waals surface area contributed by atoms with Crippen LogP contribution in [-0.4, -0.2) is 51.5 Å². The summed E-state index contributed by atoms with van der Waals surface area (Å²) in [6, 6.07) is 10.1. The van der Waals surface area contributed by atoms with E-state index in [2.05, 4.69) is 10.6 Å². The second kappa shape index (κ2) is 12.9. The second-order valence-electron chi connectivity index (χ2n) is 10.2. The van der Waals surface area contributed by atoms with Crippen LogP contribution in [0.1, 0.15) is 64.6 Å². The number of phenolic OH excluding ortho intramolecular Hbond substituents is 1. The summed E-state index contributed by atoms with van der Waals surface area (Å²) in [5.41, 5.74) is 6.39. The van der Waals surface area contributed by atoms with Gasteiger partial charge >= 0.3 is 6.09 Å². The van der Waals surface area contributed by atoms with Gasteiger partial charge in [0.05, 0.1) is 6.42 Å². The Hall–Kier alpha value is -4.08. The fourth-order valence-corrected chi connectivity index (χ4v) is 3.84. The maximum absolute atomic E-state index is 14.0. The minimum atomic E-state index is -1.37. The molecule has 206 valence electrons. The number of nitrogens with two attached hydrogens (primary N) is 1. The van der Waals surface area contributed by atoms with Gasteiger partial charge in [0.15, 0.2) is 0 Å². The van der Waals surface area contributed by atoms with Crippen LogP contribution in [0.4, 0.5) is 10.5 Å². The van der Waals surface area contributed by atoms with Crippen LogP contribution in [0.2, 0.25) is 0 Å². The van der Waals surface area contributed by atoms with Crippen molar-refractivity contribution >= 4 is 29.5 Å². The number of nitrogens with zero attached hydrogens (tertiary/aromatic N) is 1. The summed E-state index contributed by atoms with van der Waals surface area (Å²) < 4.78 is 5.28. The van der Waals surface area contributed by atoms with E-state index in [9.17, 15) is 24.3 Å². The molecule has 0 spiro atoms. The van der Waals surface area contributed by atoms with Crippen LogP contribution in [0, 0.1) is 6.92 Å². The van der Waals surface area contributed by atoms with Gasteiger partial charge in [-0.1, -0.05) is 37.3 Å². The van der Waals surface area contributed by atoms with Crippen LogP contribution in [0.15, 0.2) is 48.5 Å². The summed E-state index contributed by atoms with van der Waals surface area (Å²) in [5.74, 6) is -2.00. The van der Waals surface area contributed by atoms with Crippen molar-refractivity contribution in [2.75, 3.05) is 5.32 Å². The number of para-hydroxylation sites is 1. The molecule has 0 aliphatic rings. The number of carbonyl (C=O) groups excluding carboxylic acids is 4. The van der Waals surface area contributed by atoms with Crippen LogP contribution in [0.25, 0.3) is 0 Å². The smallest absolute Gasteiger partial charge is 0.408 e. The maximum atomic E-state index is 14.0. The molecule has 0 aromatic heterocycles. The third-order valence-corrected chi connectivity index (χ3v) is 5.85. The SMILES string of the molecule is CCC(C)N(C(=O)C(CC(N)=O)NC(=O)OC(C)(C)C)C(C(=O)Nc1ccccc1C)c1ccc(O)cc1. The van der Waals surface area contributed by atoms with E-state index in [0.717, 1.165) is 5.56 Å². The zero-order valence-electron chi connectivity index (χ0n) is 22.8. The number of hydrogen-bond acceptors (Lipinski definition) is 6. The van der Waals surface area contributed by atoms with Gasteiger partial charge in [-0.05, 0) is 70.4 Å². The number of ether oxygens (including phenoxy) is 1. The van der Waals surface area contributed by atoms with Gasteiger partial charge in [-0.25, -0.2) is 4.79 Å². The van der Waals surface area contributed by atoms with Gasteiger partial charge in [0.2, 0.25) is 11.8 Å². The van der Waals surface area contributed by atoms with Crippen LogP contribution in [-0.2, 0) is 19.1 Å². The number of phenols is 1. The molecular weight excluding hydrogens is 488 g/mol. The highest BCUT2D eigenvalue weighted by atomic mass is 16.6. The summed E-state index contributed by atoms with van der Waals surface area (Å²) in [7, 11) is 0.